The second-order valence-corrected chi connectivity index (χ2v) is 6.79. The minimum absolute atomic E-state index is 0.0866. The van der Waals surface area contributed by atoms with E-state index in [0.717, 1.165) is 27.9 Å². The third-order valence-corrected chi connectivity index (χ3v) is 5.28. The number of carboxylic acid groups (broad SMARTS) is 1. The van der Waals surface area contributed by atoms with Crippen LogP contribution < -0.4 is 4.74 Å². The highest BCUT2D eigenvalue weighted by atomic mass is 32.2. The van der Waals surface area contributed by atoms with Crippen LogP contribution in [0.4, 0.5) is 0 Å². The van der Waals surface area contributed by atoms with Gasteiger partial charge in [-0.15, -0.1) is 21.5 Å². The van der Waals surface area contributed by atoms with Gasteiger partial charge in [0.1, 0.15) is 5.75 Å². The number of rotatable bonds is 6. The lowest BCUT2D eigenvalue weighted by Crippen LogP contribution is -2.04. The number of carboxylic acids is 1. The monoisotopic (exact) mass is 361 g/mol. The topological polar surface area (TPSA) is 77.2 Å². The molecule has 0 aliphatic heterocycles. The number of aliphatic carboxylic acids is 1. The van der Waals surface area contributed by atoms with Gasteiger partial charge in [-0.3, -0.25) is 9.36 Å². The first-order valence-corrected chi connectivity index (χ1v) is 8.96. The predicted octanol–water partition coefficient (Wildman–Crippen LogP) is 3.49. The highest BCUT2D eigenvalue weighted by Crippen LogP contribution is 2.35. The zero-order valence-corrected chi connectivity index (χ0v) is 14.7. The molecule has 0 unspecified atom stereocenters. The summed E-state index contributed by atoms with van der Waals surface area (Å²) in [5.74, 6) is 0.365. The Bertz CT molecular complexity index is 873. The molecule has 0 aliphatic rings. The van der Waals surface area contributed by atoms with Gasteiger partial charge in [0.25, 0.3) is 0 Å². The van der Waals surface area contributed by atoms with Gasteiger partial charge < -0.3 is 9.84 Å². The number of carbonyl (C=O) groups is 1. The van der Waals surface area contributed by atoms with Crippen LogP contribution in [0.2, 0.25) is 0 Å². The van der Waals surface area contributed by atoms with E-state index in [9.17, 15) is 4.79 Å². The zero-order valence-electron chi connectivity index (χ0n) is 13.1. The van der Waals surface area contributed by atoms with Crippen molar-refractivity contribution in [3.63, 3.8) is 0 Å². The number of methoxy groups -OCH3 is 1. The van der Waals surface area contributed by atoms with Gasteiger partial charge in [-0.1, -0.05) is 23.9 Å². The summed E-state index contributed by atoms with van der Waals surface area (Å²) >= 11 is 2.70. The van der Waals surface area contributed by atoms with Crippen molar-refractivity contribution >= 4 is 29.1 Å². The van der Waals surface area contributed by atoms with Crippen LogP contribution in [-0.2, 0) is 4.79 Å². The molecule has 0 radical (unpaired) electrons. The van der Waals surface area contributed by atoms with Gasteiger partial charge in [0, 0.05) is 0 Å². The molecule has 2 aromatic heterocycles. The third-order valence-electron chi connectivity index (χ3n) is 3.35. The second kappa shape index (κ2) is 7.06. The van der Waals surface area contributed by atoms with Crippen molar-refractivity contribution in [2.75, 3.05) is 12.9 Å². The Hall–Kier alpha value is -2.32. The fourth-order valence-corrected chi connectivity index (χ4v) is 3.84. The molecule has 0 bridgehead atoms. The first kappa shape index (κ1) is 16.5. The summed E-state index contributed by atoms with van der Waals surface area (Å²) in [5, 5.41) is 20.0. The standard InChI is InChI=1S/C16H15N3O3S2/c1-10-7-8-23-14(10)15-17-18-16(24-9-13(20)21)19(15)11-5-3-4-6-12(11)22-2/h3-8H,9H2,1-2H3,(H,20,21). The quantitative estimate of drug-likeness (QED) is 0.677. The first-order chi connectivity index (χ1) is 11.6. The number of para-hydroxylation sites is 2. The van der Waals surface area contributed by atoms with E-state index in [2.05, 4.69) is 10.2 Å². The maximum absolute atomic E-state index is 10.9. The van der Waals surface area contributed by atoms with Gasteiger partial charge in [0.05, 0.1) is 23.4 Å². The molecular weight excluding hydrogens is 346 g/mol. The third kappa shape index (κ3) is 3.15. The van der Waals surface area contributed by atoms with Crippen LogP contribution in [0.1, 0.15) is 5.56 Å². The molecule has 0 spiro atoms. The fraction of sp³-hybridized carbons (Fsp3) is 0.188. The molecule has 0 saturated carbocycles. The van der Waals surface area contributed by atoms with E-state index in [1.54, 1.807) is 18.4 Å². The molecule has 0 amide bonds. The molecule has 1 N–H and O–H groups in total. The van der Waals surface area contributed by atoms with E-state index in [4.69, 9.17) is 9.84 Å². The SMILES string of the molecule is COc1ccccc1-n1c(SCC(=O)O)nnc1-c1sccc1C. The van der Waals surface area contributed by atoms with Crippen molar-refractivity contribution in [3.05, 3.63) is 41.3 Å². The zero-order chi connectivity index (χ0) is 17.1. The molecule has 8 heteroatoms. The van der Waals surface area contributed by atoms with Crippen LogP contribution in [0.25, 0.3) is 16.4 Å². The fourth-order valence-electron chi connectivity index (χ4n) is 2.27. The van der Waals surface area contributed by atoms with Crippen molar-refractivity contribution in [3.8, 4) is 22.1 Å². The largest absolute Gasteiger partial charge is 0.495 e. The Kier molecular flexibility index (Phi) is 4.86. The summed E-state index contributed by atoms with van der Waals surface area (Å²) in [6, 6.07) is 9.55. The number of aryl methyl sites for hydroxylation is 1. The van der Waals surface area contributed by atoms with E-state index >= 15 is 0 Å². The van der Waals surface area contributed by atoms with Crippen LogP contribution in [-0.4, -0.2) is 38.7 Å². The highest BCUT2D eigenvalue weighted by Gasteiger charge is 2.21. The molecule has 124 valence electrons. The van der Waals surface area contributed by atoms with E-state index in [1.807, 2.05) is 47.2 Å². The van der Waals surface area contributed by atoms with Crippen molar-refractivity contribution in [1.29, 1.82) is 0 Å². The van der Waals surface area contributed by atoms with Crippen LogP contribution >= 0.6 is 23.1 Å². The van der Waals surface area contributed by atoms with E-state index in [0.29, 0.717) is 16.7 Å². The van der Waals surface area contributed by atoms with Gasteiger partial charge in [-0.25, -0.2) is 0 Å². The average Bonchev–Trinajstić information content (AvgIpc) is 3.18. The maximum Gasteiger partial charge on any atom is 0.313 e. The lowest BCUT2D eigenvalue weighted by atomic mass is 10.2. The van der Waals surface area contributed by atoms with Crippen LogP contribution in [0.5, 0.6) is 5.75 Å². The van der Waals surface area contributed by atoms with Gasteiger partial charge in [0.2, 0.25) is 0 Å². The molecule has 0 fully saturated rings. The van der Waals surface area contributed by atoms with Gasteiger partial charge in [0.15, 0.2) is 11.0 Å². The summed E-state index contributed by atoms with van der Waals surface area (Å²) in [6.45, 7) is 2.01. The molecule has 0 saturated heterocycles. The summed E-state index contributed by atoms with van der Waals surface area (Å²) in [7, 11) is 1.60. The number of ether oxygens (including phenoxy) is 1. The smallest absolute Gasteiger partial charge is 0.313 e. The molecule has 3 rings (SSSR count). The molecule has 0 aliphatic carbocycles. The molecule has 3 aromatic rings. The minimum Gasteiger partial charge on any atom is -0.495 e. The Morgan fingerprint density at radius 2 is 2.12 bits per heavy atom. The Morgan fingerprint density at radius 3 is 2.79 bits per heavy atom. The Morgan fingerprint density at radius 1 is 1.33 bits per heavy atom. The van der Waals surface area contributed by atoms with Crippen LogP contribution in [0.15, 0.2) is 40.9 Å². The lowest BCUT2D eigenvalue weighted by Gasteiger charge is -2.13. The predicted molar refractivity (Wildman–Crippen MR) is 94.3 cm³/mol. The lowest BCUT2D eigenvalue weighted by molar-refractivity contribution is -0.133. The molecule has 1 aromatic carbocycles. The van der Waals surface area contributed by atoms with Crippen molar-refractivity contribution < 1.29 is 14.6 Å². The summed E-state index contributed by atoms with van der Waals surface area (Å²) in [5.41, 5.74) is 1.87. The van der Waals surface area contributed by atoms with E-state index in [-0.39, 0.29) is 5.75 Å². The summed E-state index contributed by atoms with van der Waals surface area (Å²) in [4.78, 5) is 11.9. The van der Waals surface area contributed by atoms with Crippen LogP contribution in [0.3, 0.4) is 0 Å². The van der Waals surface area contributed by atoms with Gasteiger partial charge in [-0.2, -0.15) is 0 Å². The van der Waals surface area contributed by atoms with Gasteiger partial charge in [-0.05, 0) is 36.1 Å². The summed E-state index contributed by atoms with van der Waals surface area (Å²) in [6.07, 6.45) is 0. The Balaban J connectivity index is 2.18. The number of nitrogens with zero attached hydrogens (tertiary/aromatic N) is 3. The molecule has 6 nitrogen and oxygen atoms in total. The molecule has 2 heterocycles. The number of hydrogen-bond donors (Lipinski definition) is 1. The average molecular weight is 361 g/mol. The summed E-state index contributed by atoms with van der Waals surface area (Å²) < 4.78 is 7.31. The van der Waals surface area contributed by atoms with Gasteiger partial charge >= 0.3 is 5.97 Å². The molecular formula is C16H15N3O3S2. The molecule has 24 heavy (non-hydrogen) atoms. The normalized spacial score (nSPS) is 10.8. The number of thioether (sulfide) groups is 1. The van der Waals surface area contributed by atoms with E-state index < -0.39 is 5.97 Å². The first-order valence-electron chi connectivity index (χ1n) is 7.09. The maximum atomic E-state index is 10.9. The van der Waals surface area contributed by atoms with Crippen molar-refractivity contribution in [1.82, 2.24) is 14.8 Å². The number of benzene rings is 1. The second-order valence-electron chi connectivity index (χ2n) is 4.93. The van der Waals surface area contributed by atoms with E-state index in [1.165, 1.54) is 0 Å². The highest BCUT2D eigenvalue weighted by molar-refractivity contribution is 7.99. The number of hydrogen-bond acceptors (Lipinski definition) is 6. The van der Waals surface area contributed by atoms with Crippen molar-refractivity contribution in [2.24, 2.45) is 0 Å². The van der Waals surface area contributed by atoms with Crippen LogP contribution in [0, 0.1) is 6.92 Å². The molecule has 0 atom stereocenters. The Labute approximate surface area is 147 Å². The minimum atomic E-state index is -0.900. The number of thiophene rings is 1. The van der Waals surface area contributed by atoms with Crippen molar-refractivity contribution in [2.45, 2.75) is 12.1 Å². The number of aromatic nitrogens is 3.